The molecular formula is C11H21N5. The molecule has 0 saturated carbocycles. The lowest BCUT2D eigenvalue weighted by Gasteiger charge is -2.40. The van der Waals surface area contributed by atoms with Gasteiger partial charge in [0.1, 0.15) is 5.82 Å². The second-order valence-electron chi connectivity index (χ2n) is 5.56. The first-order valence-electron chi connectivity index (χ1n) is 5.98. The molecule has 90 valence electrons. The molecule has 0 atom stereocenters. The first-order chi connectivity index (χ1) is 7.48. The van der Waals surface area contributed by atoms with Gasteiger partial charge in [0.2, 0.25) is 0 Å². The van der Waals surface area contributed by atoms with Crippen molar-refractivity contribution < 1.29 is 0 Å². The molecule has 0 aromatic carbocycles. The molecule has 2 rings (SSSR count). The second kappa shape index (κ2) is 4.13. The zero-order valence-corrected chi connectivity index (χ0v) is 10.6. The normalized spacial score (nSPS) is 20.2. The molecule has 1 fully saturated rings. The van der Waals surface area contributed by atoms with Crippen LogP contribution in [0.1, 0.15) is 45.5 Å². The Morgan fingerprint density at radius 3 is 2.25 bits per heavy atom. The number of nitrogens with zero attached hydrogens (tertiary/aromatic N) is 5. The highest BCUT2D eigenvalue weighted by Gasteiger charge is 2.28. The van der Waals surface area contributed by atoms with Crippen molar-refractivity contribution >= 4 is 0 Å². The van der Waals surface area contributed by atoms with Gasteiger partial charge in [-0.25, -0.2) is 4.68 Å². The Bertz CT molecular complexity index is 344. The summed E-state index contributed by atoms with van der Waals surface area (Å²) in [6.07, 6.45) is 2.28. The summed E-state index contributed by atoms with van der Waals surface area (Å²) >= 11 is 0. The third kappa shape index (κ3) is 2.24. The smallest absolute Gasteiger partial charge is 0.148 e. The second-order valence-corrected chi connectivity index (χ2v) is 5.56. The molecule has 0 spiro atoms. The average molecular weight is 223 g/mol. The highest BCUT2D eigenvalue weighted by Crippen LogP contribution is 2.26. The van der Waals surface area contributed by atoms with Gasteiger partial charge in [0.15, 0.2) is 0 Å². The van der Waals surface area contributed by atoms with Gasteiger partial charge in [0, 0.05) is 18.6 Å². The number of tetrazole rings is 1. The van der Waals surface area contributed by atoms with Crippen LogP contribution in [0, 0.1) is 6.92 Å². The predicted molar refractivity (Wildman–Crippen MR) is 62.2 cm³/mol. The van der Waals surface area contributed by atoms with E-state index in [1.807, 2.05) is 11.6 Å². The van der Waals surface area contributed by atoms with Crippen LogP contribution in [-0.4, -0.2) is 43.7 Å². The van der Waals surface area contributed by atoms with Crippen LogP contribution in [0.4, 0.5) is 0 Å². The summed E-state index contributed by atoms with van der Waals surface area (Å²) in [5, 5.41) is 11.7. The number of likely N-dealkylation sites (tertiary alicyclic amines) is 1. The van der Waals surface area contributed by atoms with E-state index in [4.69, 9.17) is 0 Å². The first-order valence-corrected chi connectivity index (χ1v) is 5.98. The summed E-state index contributed by atoms with van der Waals surface area (Å²) in [6, 6.07) is 0.480. The number of hydrogen-bond donors (Lipinski definition) is 0. The van der Waals surface area contributed by atoms with Crippen molar-refractivity contribution in [2.24, 2.45) is 0 Å². The number of aryl methyl sites for hydroxylation is 1. The topological polar surface area (TPSA) is 46.8 Å². The van der Waals surface area contributed by atoms with E-state index >= 15 is 0 Å². The fourth-order valence-electron chi connectivity index (χ4n) is 2.36. The van der Waals surface area contributed by atoms with Gasteiger partial charge in [-0.05, 0) is 51.0 Å². The van der Waals surface area contributed by atoms with Gasteiger partial charge in [0.05, 0.1) is 6.04 Å². The maximum absolute atomic E-state index is 4.06. The number of piperidine rings is 1. The molecule has 5 heteroatoms. The van der Waals surface area contributed by atoms with Gasteiger partial charge < -0.3 is 0 Å². The van der Waals surface area contributed by atoms with Gasteiger partial charge in [-0.3, -0.25) is 4.90 Å². The zero-order chi connectivity index (χ0) is 11.8. The van der Waals surface area contributed by atoms with Crippen LogP contribution in [-0.2, 0) is 0 Å². The third-order valence-electron chi connectivity index (χ3n) is 3.42. The van der Waals surface area contributed by atoms with Crippen LogP contribution in [0.3, 0.4) is 0 Å². The SMILES string of the molecule is Cc1nnnn1C1CCN(C(C)(C)C)CC1. The van der Waals surface area contributed by atoms with E-state index < -0.39 is 0 Å². The summed E-state index contributed by atoms with van der Waals surface area (Å²) in [6.45, 7) is 11.1. The summed E-state index contributed by atoms with van der Waals surface area (Å²) in [4.78, 5) is 2.53. The molecule has 0 bridgehead atoms. The number of aromatic nitrogens is 4. The summed E-state index contributed by atoms with van der Waals surface area (Å²) in [7, 11) is 0. The Hall–Kier alpha value is -0.970. The highest BCUT2D eigenvalue weighted by atomic mass is 15.5. The van der Waals surface area contributed by atoms with Crippen LogP contribution < -0.4 is 0 Å². The molecule has 1 aromatic rings. The van der Waals surface area contributed by atoms with E-state index in [1.165, 1.54) is 0 Å². The molecule has 0 N–H and O–H groups in total. The van der Waals surface area contributed by atoms with E-state index in [-0.39, 0.29) is 5.54 Å². The molecular weight excluding hydrogens is 202 g/mol. The molecule has 1 aliphatic heterocycles. The van der Waals surface area contributed by atoms with Gasteiger partial charge in [0.25, 0.3) is 0 Å². The van der Waals surface area contributed by atoms with Crippen molar-refractivity contribution in [1.82, 2.24) is 25.1 Å². The molecule has 5 nitrogen and oxygen atoms in total. The monoisotopic (exact) mass is 223 g/mol. The van der Waals surface area contributed by atoms with Crippen molar-refractivity contribution in [3.8, 4) is 0 Å². The molecule has 1 aromatic heterocycles. The lowest BCUT2D eigenvalue weighted by atomic mass is 9.98. The van der Waals surface area contributed by atoms with Gasteiger partial charge in [-0.2, -0.15) is 0 Å². The van der Waals surface area contributed by atoms with Crippen molar-refractivity contribution in [2.75, 3.05) is 13.1 Å². The standard InChI is InChI=1S/C11H21N5/c1-9-12-13-14-16(9)10-5-7-15(8-6-10)11(2,3)4/h10H,5-8H2,1-4H3. The summed E-state index contributed by atoms with van der Waals surface area (Å²) < 4.78 is 1.97. The Balaban J connectivity index is 1.98. The van der Waals surface area contributed by atoms with Gasteiger partial charge >= 0.3 is 0 Å². The molecule has 16 heavy (non-hydrogen) atoms. The molecule has 0 radical (unpaired) electrons. The van der Waals surface area contributed by atoms with Crippen molar-refractivity contribution in [3.05, 3.63) is 5.82 Å². The van der Waals surface area contributed by atoms with Gasteiger partial charge in [-0.15, -0.1) is 5.10 Å². The minimum atomic E-state index is 0.278. The maximum atomic E-state index is 4.06. The Kier molecular flexibility index (Phi) is 2.97. The Morgan fingerprint density at radius 2 is 1.81 bits per heavy atom. The summed E-state index contributed by atoms with van der Waals surface area (Å²) in [5.41, 5.74) is 0.278. The molecule has 0 unspecified atom stereocenters. The van der Waals surface area contributed by atoms with E-state index in [2.05, 4.69) is 41.2 Å². The van der Waals surface area contributed by atoms with E-state index in [0.717, 1.165) is 31.8 Å². The van der Waals surface area contributed by atoms with Crippen LogP contribution >= 0.6 is 0 Å². The third-order valence-corrected chi connectivity index (χ3v) is 3.42. The molecule has 2 heterocycles. The minimum Gasteiger partial charge on any atom is -0.298 e. The van der Waals surface area contributed by atoms with Crippen molar-refractivity contribution in [3.63, 3.8) is 0 Å². The van der Waals surface area contributed by atoms with Crippen molar-refractivity contribution in [2.45, 2.75) is 52.1 Å². The predicted octanol–water partition coefficient (Wildman–Crippen LogP) is 1.42. The summed E-state index contributed by atoms with van der Waals surface area (Å²) in [5.74, 6) is 0.925. The molecule has 1 aliphatic rings. The largest absolute Gasteiger partial charge is 0.298 e. The van der Waals surface area contributed by atoms with E-state index in [9.17, 15) is 0 Å². The van der Waals surface area contributed by atoms with Crippen LogP contribution in [0.2, 0.25) is 0 Å². The first kappa shape index (κ1) is 11.5. The van der Waals surface area contributed by atoms with Gasteiger partial charge in [-0.1, -0.05) is 0 Å². The molecule has 1 saturated heterocycles. The van der Waals surface area contributed by atoms with E-state index in [0.29, 0.717) is 6.04 Å². The lowest BCUT2D eigenvalue weighted by molar-refractivity contribution is 0.0860. The Morgan fingerprint density at radius 1 is 1.19 bits per heavy atom. The van der Waals surface area contributed by atoms with Crippen LogP contribution in [0.5, 0.6) is 0 Å². The highest BCUT2D eigenvalue weighted by molar-refractivity contribution is 4.86. The number of hydrogen-bond acceptors (Lipinski definition) is 4. The molecule has 0 amide bonds. The van der Waals surface area contributed by atoms with Crippen LogP contribution in [0.25, 0.3) is 0 Å². The van der Waals surface area contributed by atoms with Crippen LogP contribution in [0.15, 0.2) is 0 Å². The fourth-order valence-corrected chi connectivity index (χ4v) is 2.36. The van der Waals surface area contributed by atoms with Crippen molar-refractivity contribution in [1.29, 1.82) is 0 Å². The van der Waals surface area contributed by atoms with E-state index in [1.54, 1.807) is 0 Å². The number of rotatable bonds is 1. The lowest BCUT2D eigenvalue weighted by Crippen LogP contribution is -2.46. The average Bonchev–Trinajstić information content (AvgIpc) is 2.63. The Labute approximate surface area is 96.8 Å². The quantitative estimate of drug-likeness (QED) is 0.722. The molecule has 0 aliphatic carbocycles. The minimum absolute atomic E-state index is 0.278. The maximum Gasteiger partial charge on any atom is 0.148 e. The fraction of sp³-hybridized carbons (Fsp3) is 0.909. The zero-order valence-electron chi connectivity index (χ0n) is 10.6.